The second-order valence-corrected chi connectivity index (χ2v) is 34.0. The number of likely N-dealkylation sites (tertiary alicyclic amines) is 2. The molecule has 36 heteroatoms. The molecule has 0 spiro atoms. The zero-order chi connectivity index (χ0) is 88.3. The largest absolute Gasteiger partial charge is 0.445 e. The normalized spacial score (nSPS) is 18.6. The van der Waals surface area contributed by atoms with Crippen molar-refractivity contribution in [2.75, 3.05) is 85.7 Å². The summed E-state index contributed by atoms with van der Waals surface area (Å²) in [5.74, 6) is -7.76. The SMILES string of the molecule is CC[C@H](C)C([C@@H](CC(=O)N1C[C@@H](OC(=O)NCCNC(=O)OCc2ccc(NC(=O)C(CCCNC(N)=O)NC(=O)[C@@H](NC(=O)CCCCCN3C(=O)CC(SCC4(CC(=O)ON5C(=O)CCC5=O)CC4)C3=O)C(C)C)cc2)CC1[C@H](OC)C(C)C(=O)NCC(=O)c1ccc(C)cc1C)OC)N(C)C(=O)[C@@H](NC(=O)[C@H](C(C)C)N(C)C)C(C)C. The van der Waals surface area contributed by atoms with Gasteiger partial charge in [-0.05, 0) is 119 Å². The van der Waals surface area contributed by atoms with Gasteiger partial charge >= 0.3 is 24.2 Å². The Morgan fingerprint density at radius 1 is 0.697 bits per heavy atom. The molecule has 12 atom stereocenters. The number of ketones is 1. The number of alkyl carbamates (subject to hydrolysis) is 2. The number of benzene rings is 2. The van der Waals surface area contributed by atoms with Gasteiger partial charge in [0, 0.05) is 96.6 Å². The number of hydroxylamine groups is 2. The molecule has 0 aromatic heterocycles. The molecule has 660 valence electrons. The number of urea groups is 1. The Balaban J connectivity index is 0.988. The number of Topliss-reactive ketones (excluding diaryl/α,β-unsaturated/α-hetero) is 1. The van der Waals surface area contributed by atoms with Gasteiger partial charge in [-0.3, -0.25) is 67.3 Å². The van der Waals surface area contributed by atoms with E-state index in [1.54, 1.807) is 82.0 Å². The van der Waals surface area contributed by atoms with Crippen LogP contribution in [0.5, 0.6) is 0 Å². The minimum atomic E-state index is -1.16. The molecule has 2 aromatic rings. The van der Waals surface area contributed by atoms with Gasteiger partial charge < -0.3 is 81.9 Å². The minimum absolute atomic E-state index is 0.00110. The minimum Gasteiger partial charge on any atom is -0.445 e. The number of thioether (sulfide) groups is 1. The van der Waals surface area contributed by atoms with Gasteiger partial charge in [-0.1, -0.05) is 111 Å². The van der Waals surface area contributed by atoms with E-state index in [-0.39, 0.29) is 151 Å². The van der Waals surface area contributed by atoms with Crippen molar-refractivity contribution >= 4 is 112 Å². The molecule has 6 rings (SSSR count). The molecule has 4 aliphatic rings. The third kappa shape index (κ3) is 29.3. The fourth-order valence-corrected chi connectivity index (χ4v) is 16.6. The Hall–Kier alpha value is -9.81. The van der Waals surface area contributed by atoms with Gasteiger partial charge in [-0.2, -0.15) is 0 Å². The van der Waals surface area contributed by atoms with Crippen LogP contribution in [0.15, 0.2) is 42.5 Å². The Kier molecular flexibility index (Phi) is 38.4. The summed E-state index contributed by atoms with van der Waals surface area (Å²) in [5, 5.41) is 21.5. The van der Waals surface area contributed by atoms with Gasteiger partial charge in [-0.25, -0.2) is 19.2 Å². The molecular formula is C83H126N14O21S. The number of methoxy groups -OCH3 is 2. The third-order valence-electron chi connectivity index (χ3n) is 22.2. The molecule has 3 saturated heterocycles. The molecule has 35 nitrogen and oxygen atoms in total. The van der Waals surface area contributed by atoms with Crippen LogP contribution in [0, 0.1) is 48.9 Å². The lowest BCUT2D eigenvalue weighted by Gasteiger charge is -2.41. The molecule has 4 fully saturated rings. The van der Waals surface area contributed by atoms with E-state index in [9.17, 15) is 71.9 Å². The predicted octanol–water partition coefficient (Wildman–Crippen LogP) is 5.09. The fraction of sp³-hybridized carbons (Fsp3) is 0.663. The highest BCUT2D eigenvalue weighted by atomic mass is 32.2. The van der Waals surface area contributed by atoms with Gasteiger partial charge in [0.05, 0.1) is 67.4 Å². The third-order valence-corrected chi connectivity index (χ3v) is 23.8. The van der Waals surface area contributed by atoms with Crippen LogP contribution in [-0.2, 0) is 87.9 Å². The standard InChI is InChI=1S/C83H126N14O21S/c1-17-51(9)72(94(14)79(110)70(48(4)5)92-77(108)71(49(6)7)93(12)13)61(114-15)40-66(102)96-44-56(39-59(96)73(115-16)53(11)74(105)88-43-60(98)57-29-24-50(8)38-52(57)10)117-82(113)87-36-35-86-81(112)116-45-54-25-27-55(28-26-54)89-75(106)58(22-21-34-85-80(84)111)90-76(107)69(47(2)3)91-63(99)23-19-18-20-37-95-67(103)41-62(78(95)109)119-46-83(32-33-83)42-68(104)118-97-64(100)30-31-65(97)101/h24-29,38,47-49,51,53,56,58-59,61-62,69-73H,17-23,30-37,39-46H2,1-16H3,(H,86,112)(H,87,113)(H,88,105)(H,89,106)(H,90,107)(H,91,99)(H,92,108)(H3,84,85,111)/t51-,53?,56-,58?,59?,61+,62?,69-,70-,71-,72?,73+/m0/s1. The first-order valence-electron chi connectivity index (χ1n) is 41.1. The van der Waals surface area contributed by atoms with E-state index in [2.05, 4.69) is 42.5 Å². The Labute approximate surface area is 701 Å². The summed E-state index contributed by atoms with van der Waals surface area (Å²) in [6, 6.07) is 5.67. The first kappa shape index (κ1) is 98.0. The number of carbonyl (C=O) groups excluding carboxylic acids is 16. The number of nitrogens with zero attached hydrogens (tertiary/aromatic N) is 5. The maximum absolute atomic E-state index is 15.0. The summed E-state index contributed by atoms with van der Waals surface area (Å²) in [7, 11) is 8.08. The van der Waals surface area contributed by atoms with Gasteiger partial charge in [0.2, 0.25) is 53.2 Å². The Bertz CT molecular complexity index is 3890. The van der Waals surface area contributed by atoms with Gasteiger partial charge in [0.15, 0.2) is 5.78 Å². The van der Waals surface area contributed by atoms with Gasteiger partial charge in [-0.15, -0.1) is 16.8 Å². The molecule has 10 N–H and O–H groups in total. The summed E-state index contributed by atoms with van der Waals surface area (Å²) in [4.78, 5) is 224. The average Bonchev–Trinajstić information content (AvgIpc) is 1.67. The van der Waals surface area contributed by atoms with Crippen molar-refractivity contribution in [3.05, 3.63) is 64.7 Å². The number of likely N-dealkylation sites (N-methyl/N-ethyl adjacent to an activating group) is 2. The number of rotatable bonds is 48. The quantitative estimate of drug-likeness (QED) is 0.0236. The van der Waals surface area contributed by atoms with E-state index in [4.69, 9.17) is 29.5 Å². The van der Waals surface area contributed by atoms with E-state index < -0.39 is 143 Å². The van der Waals surface area contributed by atoms with Crippen LogP contribution in [-0.4, -0.2) is 260 Å². The van der Waals surface area contributed by atoms with Crippen LogP contribution >= 0.6 is 11.8 Å². The van der Waals surface area contributed by atoms with E-state index in [0.29, 0.717) is 66.2 Å². The van der Waals surface area contributed by atoms with Crippen molar-refractivity contribution < 1.29 is 100 Å². The highest BCUT2D eigenvalue weighted by molar-refractivity contribution is 8.00. The number of ether oxygens (including phenoxy) is 4. The molecule has 119 heavy (non-hydrogen) atoms. The summed E-state index contributed by atoms with van der Waals surface area (Å²) in [5.41, 5.74) is 7.81. The Morgan fingerprint density at radius 2 is 1.35 bits per heavy atom. The number of amides is 15. The van der Waals surface area contributed by atoms with E-state index in [0.717, 1.165) is 11.1 Å². The number of anilines is 1. The smallest absolute Gasteiger partial charge is 0.407 e. The van der Waals surface area contributed by atoms with Crippen LogP contribution in [0.1, 0.15) is 186 Å². The van der Waals surface area contributed by atoms with Crippen LogP contribution in [0.25, 0.3) is 0 Å². The molecule has 2 aromatic carbocycles. The molecule has 5 unspecified atom stereocenters. The second kappa shape index (κ2) is 46.7. The number of hydrogen-bond acceptors (Lipinski definition) is 23. The number of primary amides is 1. The highest BCUT2D eigenvalue weighted by Crippen LogP contribution is 2.52. The second-order valence-electron chi connectivity index (χ2n) is 32.8. The lowest BCUT2D eigenvalue weighted by molar-refractivity contribution is -0.198. The van der Waals surface area contributed by atoms with Gasteiger partial charge in [0.1, 0.15) is 30.8 Å². The number of nitrogens with one attached hydrogen (secondary N) is 8. The number of aryl methyl sites for hydroxylation is 2. The van der Waals surface area contributed by atoms with Gasteiger partial charge in [0.25, 0.3) is 11.8 Å². The van der Waals surface area contributed by atoms with Crippen molar-refractivity contribution in [2.45, 2.75) is 239 Å². The molecule has 0 radical (unpaired) electrons. The average molecular weight is 1690 g/mol. The lowest BCUT2D eigenvalue weighted by Crippen LogP contribution is -2.59. The van der Waals surface area contributed by atoms with E-state index in [1.165, 1.54) is 35.8 Å². The molecule has 3 aliphatic heterocycles. The Morgan fingerprint density at radius 3 is 1.94 bits per heavy atom. The van der Waals surface area contributed by atoms with E-state index in [1.807, 2.05) is 67.5 Å². The van der Waals surface area contributed by atoms with Crippen molar-refractivity contribution in [1.82, 2.24) is 61.9 Å². The summed E-state index contributed by atoms with van der Waals surface area (Å²) < 4.78 is 23.5. The topological polar surface area (TPSA) is 458 Å². The summed E-state index contributed by atoms with van der Waals surface area (Å²) in [6.45, 7) is 19.5. The van der Waals surface area contributed by atoms with Crippen molar-refractivity contribution in [2.24, 2.45) is 40.7 Å². The lowest BCUT2D eigenvalue weighted by atomic mass is 9.89. The number of nitrogens with two attached hydrogens (primary N) is 1. The van der Waals surface area contributed by atoms with Crippen molar-refractivity contribution in [3.63, 3.8) is 0 Å². The molecular weight excluding hydrogens is 1560 g/mol. The summed E-state index contributed by atoms with van der Waals surface area (Å²) >= 11 is 1.29. The monoisotopic (exact) mass is 1690 g/mol. The number of hydrogen-bond donors (Lipinski definition) is 9. The molecule has 15 amide bonds. The summed E-state index contributed by atoms with van der Waals surface area (Å²) in [6.07, 6.45) is -1.40. The molecule has 3 heterocycles. The predicted molar refractivity (Wildman–Crippen MR) is 440 cm³/mol. The first-order valence-corrected chi connectivity index (χ1v) is 42.2. The molecule has 1 saturated carbocycles. The number of unbranched alkanes of at least 4 members (excludes halogenated alkanes) is 2. The van der Waals surface area contributed by atoms with Crippen LogP contribution < -0.4 is 48.3 Å². The molecule has 1 aliphatic carbocycles. The maximum Gasteiger partial charge on any atom is 0.407 e. The highest BCUT2D eigenvalue weighted by Gasteiger charge is 2.50. The maximum atomic E-state index is 15.0. The van der Waals surface area contributed by atoms with Crippen molar-refractivity contribution in [3.8, 4) is 0 Å². The van der Waals surface area contributed by atoms with Crippen LogP contribution in [0.2, 0.25) is 0 Å². The van der Waals surface area contributed by atoms with Crippen molar-refractivity contribution in [1.29, 1.82) is 0 Å². The van der Waals surface area contributed by atoms with Crippen LogP contribution in [0.3, 0.4) is 0 Å². The van der Waals surface area contributed by atoms with Crippen LogP contribution in [0.4, 0.5) is 20.1 Å². The molecule has 0 bridgehead atoms. The number of imide groups is 2. The zero-order valence-electron chi connectivity index (χ0n) is 71.8. The fourth-order valence-electron chi connectivity index (χ4n) is 15.2. The zero-order valence-corrected chi connectivity index (χ0v) is 72.6. The first-order chi connectivity index (χ1) is 56.2. The number of carbonyl (C=O) groups is 16. The van der Waals surface area contributed by atoms with E-state index >= 15 is 4.79 Å².